The minimum Gasteiger partial charge on any atom is -0.313 e. The first-order chi connectivity index (χ1) is 28.6. The molecule has 0 atom stereocenters. The minimum atomic E-state index is -2.13. The molecule has 0 aliphatic carbocycles. The smallest absolute Gasteiger partial charge is 0.313 e. The van der Waals surface area contributed by atoms with Gasteiger partial charge >= 0.3 is 8.25 Å². The van der Waals surface area contributed by atoms with Crippen LogP contribution in [0.4, 0.5) is 0 Å². The van der Waals surface area contributed by atoms with Crippen molar-refractivity contribution in [2.24, 2.45) is 0 Å². The average Bonchev–Trinajstić information content (AvgIpc) is 3.27. The van der Waals surface area contributed by atoms with Gasteiger partial charge in [0.25, 0.3) is 0 Å². The van der Waals surface area contributed by atoms with E-state index in [9.17, 15) is 4.57 Å². The highest BCUT2D eigenvalue weighted by molar-refractivity contribution is 7.33. The normalized spacial score (nSPS) is 11.5. The Labute approximate surface area is 348 Å². The van der Waals surface area contributed by atoms with E-state index in [4.69, 9.17) is 9.05 Å². The van der Waals surface area contributed by atoms with Crippen LogP contribution in [-0.2, 0) is 39.5 Å². The maximum atomic E-state index is 12.4. The lowest BCUT2D eigenvalue weighted by atomic mass is 9.94. The zero-order valence-corrected chi connectivity index (χ0v) is 35.8. The van der Waals surface area contributed by atoms with Crippen molar-refractivity contribution in [2.45, 2.75) is 104 Å². The lowest BCUT2D eigenvalue weighted by molar-refractivity contribution is 0.221. The standard InChI is InChI=1S/C52H64N2O3P/c1-3-5-7-9-17-41-23-27-43(28-24-41)49-33-31-45(47-19-11-13-21-51(47)49)39-53-35-15-37-56-58(55)57-38-16-36-54-40-46-32-34-50(52-22-14-12-20-48(46)52)44-29-25-42(26-30-44)18-10-8-6-4-2/h11-14,19-34,53-54H,3-10,15-18,35-40H2,1-2H3/q+1. The van der Waals surface area contributed by atoms with E-state index in [1.54, 1.807) is 0 Å². The summed E-state index contributed by atoms with van der Waals surface area (Å²) in [5, 5.41) is 12.2. The van der Waals surface area contributed by atoms with Crippen LogP contribution in [0.2, 0.25) is 0 Å². The summed E-state index contributed by atoms with van der Waals surface area (Å²) in [6, 6.07) is 44.6. The molecule has 0 spiro atoms. The molecular weight excluding hydrogens is 732 g/mol. The van der Waals surface area contributed by atoms with E-state index in [1.807, 2.05) is 0 Å². The van der Waals surface area contributed by atoms with Crippen LogP contribution in [0.15, 0.2) is 121 Å². The maximum absolute atomic E-state index is 12.4. The van der Waals surface area contributed by atoms with Gasteiger partial charge in [-0.05, 0) is 118 Å². The number of nitrogens with one attached hydrogen (secondary N) is 2. The molecule has 5 nitrogen and oxygen atoms in total. The van der Waals surface area contributed by atoms with Crippen molar-refractivity contribution >= 4 is 29.8 Å². The summed E-state index contributed by atoms with van der Waals surface area (Å²) < 4.78 is 23.4. The first-order valence-corrected chi connectivity index (χ1v) is 23.1. The van der Waals surface area contributed by atoms with E-state index in [1.165, 1.54) is 117 Å². The van der Waals surface area contributed by atoms with Crippen LogP contribution < -0.4 is 10.6 Å². The van der Waals surface area contributed by atoms with Gasteiger partial charge in [0.1, 0.15) is 13.2 Å². The van der Waals surface area contributed by atoms with Crippen LogP contribution in [0.5, 0.6) is 0 Å². The van der Waals surface area contributed by atoms with E-state index in [2.05, 4.69) is 146 Å². The summed E-state index contributed by atoms with van der Waals surface area (Å²) in [7, 11) is -2.13. The Morgan fingerprint density at radius 2 is 0.862 bits per heavy atom. The van der Waals surface area contributed by atoms with E-state index < -0.39 is 8.25 Å². The van der Waals surface area contributed by atoms with Crippen molar-refractivity contribution in [1.82, 2.24) is 10.6 Å². The second kappa shape index (κ2) is 24.0. The zero-order valence-electron chi connectivity index (χ0n) is 34.9. The molecule has 6 aromatic rings. The quantitative estimate of drug-likeness (QED) is 0.0423. The highest BCUT2D eigenvalue weighted by atomic mass is 31.1. The number of benzene rings is 6. The third-order valence-corrected chi connectivity index (χ3v) is 12.0. The minimum absolute atomic E-state index is 0.390. The Bertz CT molecular complexity index is 2000. The molecule has 0 bridgehead atoms. The Kier molecular flexibility index (Phi) is 17.9. The van der Waals surface area contributed by atoms with Crippen molar-refractivity contribution in [3.8, 4) is 22.3 Å². The monoisotopic (exact) mass is 795 g/mol. The molecule has 0 amide bonds. The summed E-state index contributed by atoms with van der Waals surface area (Å²) in [6.07, 6.45) is 14.2. The fourth-order valence-corrected chi connectivity index (χ4v) is 8.54. The molecule has 0 saturated heterocycles. The third-order valence-electron chi connectivity index (χ3n) is 11.2. The number of unbranched alkanes of at least 4 members (excludes halogenated alkanes) is 6. The highest BCUT2D eigenvalue weighted by Gasteiger charge is 2.19. The molecule has 0 fully saturated rings. The van der Waals surface area contributed by atoms with Crippen molar-refractivity contribution in [1.29, 1.82) is 0 Å². The summed E-state index contributed by atoms with van der Waals surface area (Å²) in [5.41, 5.74) is 10.5. The van der Waals surface area contributed by atoms with Crippen molar-refractivity contribution in [3.63, 3.8) is 0 Å². The molecule has 0 unspecified atom stereocenters. The van der Waals surface area contributed by atoms with Crippen molar-refractivity contribution in [2.75, 3.05) is 26.3 Å². The molecule has 0 saturated carbocycles. The number of aryl methyl sites for hydroxylation is 2. The van der Waals surface area contributed by atoms with Crippen LogP contribution >= 0.6 is 8.25 Å². The van der Waals surface area contributed by atoms with Crippen LogP contribution in [-0.4, -0.2) is 26.3 Å². The molecule has 0 aromatic heterocycles. The van der Waals surface area contributed by atoms with Gasteiger partial charge in [-0.3, -0.25) is 0 Å². The summed E-state index contributed by atoms with van der Waals surface area (Å²) in [5.74, 6) is 0. The summed E-state index contributed by atoms with van der Waals surface area (Å²) in [6.45, 7) is 8.37. The van der Waals surface area contributed by atoms with Gasteiger partial charge in [0.15, 0.2) is 0 Å². The van der Waals surface area contributed by atoms with Gasteiger partial charge in [0.05, 0.1) is 0 Å². The van der Waals surface area contributed by atoms with Crippen molar-refractivity contribution < 1.29 is 13.6 Å². The fraction of sp³-hybridized carbons (Fsp3) is 0.385. The van der Waals surface area contributed by atoms with Crippen LogP contribution in [0.3, 0.4) is 0 Å². The molecule has 2 N–H and O–H groups in total. The fourth-order valence-electron chi connectivity index (χ4n) is 7.90. The molecule has 0 aliphatic rings. The van der Waals surface area contributed by atoms with Crippen LogP contribution in [0, 0.1) is 0 Å². The Morgan fingerprint density at radius 1 is 0.448 bits per heavy atom. The first kappa shape index (κ1) is 43.4. The molecule has 58 heavy (non-hydrogen) atoms. The molecule has 6 rings (SSSR count). The SMILES string of the molecule is CCCCCCc1ccc(-c2ccc(CNCCCO[P+](=O)OCCCNCc3ccc(-c4ccc(CCCCCC)cc4)c4ccccc34)c3ccccc23)cc1. The molecular formula is C52H64N2O3P+. The predicted octanol–water partition coefficient (Wildman–Crippen LogP) is 13.9. The van der Waals surface area contributed by atoms with E-state index in [0.29, 0.717) is 13.2 Å². The maximum Gasteiger partial charge on any atom is 0.697 e. The summed E-state index contributed by atoms with van der Waals surface area (Å²) in [4.78, 5) is 0. The van der Waals surface area contributed by atoms with Gasteiger partial charge in [-0.2, -0.15) is 0 Å². The van der Waals surface area contributed by atoms with E-state index in [-0.39, 0.29) is 0 Å². The number of fused-ring (bicyclic) bond motifs is 2. The second-order valence-corrected chi connectivity index (χ2v) is 16.6. The van der Waals surface area contributed by atoms with Gasteiger partial charge in [0, 0.05) is 17.7 Å². The largest absolute Gasteiger partial charge is 0.697 e. The van der Waals surface area contributed by atoms with Gasteiger partial charge in [-0.25, -0.2) is 0 Å². The van der Waals surface area contributed by atoms with Crippen molar-refractivity contribution in [3.05, 3.63) is 144 Å². The molecule has 6 aromatic carbocycles. The molecule has 0 heterocycles. The van der Waals surface area contributed by atoms with Gasteiger partial charge in [-0.15, -0.1) is 9.05 Å². The number of hydrogen-bond acceptors (Lipinski definition) is 5. The zero-order chi connectivity index (χ0) is 40.2. The van der Waals surface area contributed by atoms with E-state index in [0.717, 1.165) is 51.9 Å². The topological polar surface area (TPSA) is 59.6 Å². The lowest BCUT2D eigenvalue weighted by Crippen LogP contribution is -2.16. The summed E-state index contributed by atoms with van der Waals surface area (Å²) >= 11 is 0. The van der Waals surface area contributed by atoms with Crippen LogP contribution in [0.1, 0.15) is 100 Å². The Morgan fingerprint density at radius 3 is 1.28 bits per heavy atom. The number of hydrogen-bond donors (Lipinski definition) is 2. The predicted molar refractivity (Wildman–Crippen MR) is 247 cm³/mol. The lowest BCUT2D eigenvalue weighted by Gasteiger charge is -2.13. The first-order valence-electron chi connectivity index (χ1n) is 22.0. The van der Waals surface area contributed by atoms with E-state index >= 15 is 0 Å². The Hall–Kier alpha value is -4.22. The second-order valence-electron chi connectivity index (χ2n) is 15.6. The van der Waals surface area contributed by atoms with Crippen LogP contribution in [0.25, 0.3) is 43.8 Å². The Balaban J connectivity index is 0.866. The molecule has 6 heteroatoms. The third kappa shape index (κ3) is 12.9. The number of rotatable bonds is 26. The molecule has 304 valence electrons. The van der Waals surface area contributed by atoms with Gasteiger partial charge in [-0.1, -0.05) is 174 Å². The van der Waals surface area contributed by atoms with Gasteiger partial charge < -0.3 is 10.6 Å². The molecule has 0 aliphatic heterocycles. The van der Waals surface area contributed by atoms with Gasteiger partial charge in [0.2, 0.25) is 0 Å². The average molecular weight is 796 g/mol. The highest BCUT2D eigenvalue weighted by Crippen LogP contribution is 2.33. The molecule has 0 radical (unpaired) electrons.